The summed E-state index contributed by atoms with van der Waals surface area (Å²) in [4.78, 5) is 0. The molecule has 0 aliphatic rings. The highest BCUT2D eigenvalue weighted by atomic mass is 14.2. The third kappa shape index (κ3) is 8.55. The van der Waals surface area contributed by atoms with Crippen molar-refractivity contribution in [2.45, 2.75) is 63.2 Å². The van der Waals surface area contributed by atoms with Gasteiger partial charge in [-0.1, -0.05) is 146 Å². The largest absolute Gasteiger partial charge is 0.0622 e. The first-order valence-corrected chi connectivity index (χ1v) is 15.1. The molecule has 0 heteroatoms. The van der Waals surface area contributed by atoms with Crippen LogP contribution in [0.4, 0.5) is 0 Å². The predicted octanol–water partition coefficient (Wildman–Crippen LogP) is 10.4. The maximum atomic E-state index is 2.47. The summed E-state index contributed by atoms with van der Waals surface area (Å²) in [5.41, 5.74) is 8.76. The molecule has 0 saturated heterocycles. The Morgan fingerprint density at radius 2 is 0.600 bits per heavy atom. The SMILES string of the molecule is c1ccc(CCC(CCc2cccc(CCC(CCc3ccccc3)c3ccccc3)c2)c2ccccc2)cc1. The van der Waals surface area contributed by atoms with Crippen LogP contribution in [-0.4, -0.2) is 0 Å². The molecule has 0 aliphatic heterocycles. The van der Waals surface area contributed by atoms with E-state index < -0.39 is 0 Å². The van der Waals surface area contributed by atoms with Crippen LogP contribution in [0.25, 0.3) is 0 Å². The van der Waals surface area contributed by atoms with Crippen LogP contribution in [0.2, 0.25) is 0 Å². The van der Waals surface area contributed by atoms with Crippen LogP contribution < -0.4 is 0 Å². The van der Waals surface area contributed by atoms with Crippen molar-refractivity contribution in [1.82, 2.24) is 0 Å². The van der Waals surface area contributed by atoms with E-state index in [4.69, 9.17) is 0 Å². The summed E-state index contributed by atoms with van der Waals surface area (Å²) in [6, 6.07) is 53.5. The summed E-state index contributed by atoms with van der Waals surface area (Å²) in [7, 11) is 0. The predicted molar refractivity (Wildman–Crippen MR) is 171 cm³/mol. The second kappa shape index (κ2) is 15.0. The zero-order valence-electron chi connectivity index (χ0n) is 23.7. The van der Waals surface area contributed by atoms with Crippen LogP contribution in [0.15, 0.2) is 146 Å². The van der Waals surface area contributed by atoms with Crippen LogP contribution >= 0.6 is 0 Å². The molecule has 0 amide bonds. The van der Waals surface area contributed by atoms with Crippen LogP contribution in [0.3, 0.4) is 0 Å². The maximum Gasteiger partial charge on any atom is -0.0156 e. The smallest absolute Gasteiger partial charge is 0.0156 e. The lowest BCUT2D eigenvalue weighted by molar-refractivity contribution is 0.573. The molecule has 0 N–H and O–H groups in total. The molecule has 5 aromatic rings. The normalized spacial score (nSPS) is 12.6. The van der Waals surface area contributed by atoms with Gasteiger partial charge in [-0.15, -0.1) is 0 Å². The number of rotatable bonds is 14. The molecule has 202 valence electrons. The molecular weight excluding hydrogens is 480 g/mol. The van der Waals surface area contributed by atoms with Crippen molar-refractivity contribution in [1.29, 1.82) is 0 Å². The van der Waals surface area contributed by atoms with Gasteiger partial charge in [0.15, 0.2) is 0 Å². The van der Waals surface area contributed by atoms with Crippen LogP contribution in [-0.2, 0) is 25.7 Å². The molecule has 0 spiro atoms. The van der Waals surface area contributed by atoms with E-state index in [0.717, 1.165) is 25.7 Å². The van der Waals surface area contributed by atoms with E-state index in [9.17, 15) is 0 Å². The molecule has 0 aromatic heterocycles. The number of hydrogen-bond donors (Lipinski definition) is 0. The lowest BCUT2D eigenvalue weighted by Crippen LogP contribution is -2.04. The van der Waals surface area contributed by atoms with E-state index in [-0.39, 0.29) is 0 Å². The Labute approximate surface area is 241 Å². The molecule has 0 fully saturated rings. The second-order valence-electron chi connectivity index (χ2n) is 11.2. The van der Waals surface area contributed by atoms with E-state index in [1.165, 1.54) is 59.1 Å². The number of benzene rings is 5. The molecule has 0 heterocycles. The van der Waals surface area contributed by atoms with E-state index in [2.05, 4.69) is 146 Å². The molecule has 0 nitrogen and oxygen atoms in total. The molecule has 0 saturated carbocycles. The topological polar surface area (TPSA) is 0 Å². The molecule has 5 rings (SSSR count). The van der Waals surface area contributed by atoms with Crippen molar-refractivity contribution < 1.29 is 0 Å². The van der Waals surface area contributed by atoms with E-state index in [0.29, 0.717) is 11.8 Å². The highest BCUT2D eigenvalue weighted by molar-refractivity contribution is 5.27. The molecular formula is C40H42. The highest BCUT2D eigenvalue weighted by Gasteiger charge is 2.14. The van der Waals surface area contributed by atoms with Gasteiger partial charge in [0.25, 0.3) is 0 Å². The molecule has 0 radical (unpaired) electrons. The maximum absolute atomic E-state index is 2.47. The van der Waals surface area contributed by atoms with E-state index in [1.807, 2.05) is 0 Å². The molecule has 2 unspecified atom stereocenters. The highest BCUT2D eigenvalue weighted by Crippen LogP contribution is 2.29. The summed E-state index contributed by atoms with van der Waals surface area (Å²) in [6.07, 6.45) is 9.25. The Balaban J connectivity index is 1.21. The fourth-order valence-electron chi connectivity index (χ4n) is 6.00. The first-order valence-electron chi connectivity index (χ1n) is 15.1. The van der Waals surface area contributed by atoms with E-state index in [1.54, 1.807) is 0 Å². The summed E-state index contributed by atoms with van der Waals surface area (Å²) in [5, 5.41) is 0. The van der Waals surface area contributed by atoms with Gasteiger partial charge in [-0.05, 0) is 96.6 Å². The quantitative estimate of drug-likeness (QED) is 0.136. The van der Waals surface area contributed by atoms with Crippen molar-refractivity contribution in [2.75, 3.05) is 0 Å². The monoisotopic (exact) mass is 522 g/mol. The van der Waals surface area contributed by atoms with Gasteiger partial charge < -0.3 is 0 Å². The first kappa shape index (κ1) is 27.7. The van der Waals surface area contributed by atoms with Crippen molar-refractivity contribution in [2.24, 2.45) is 0 Å². The van der Waals surface area contributed by atoms with Crippen molar-refractivity contribution in [3.8, 4) is 0 Å². The van der Waals surface area contributed by atoms with Gasteiger partial charge in [0, 0.05) is 0 Å². The van der Waals surface area contributed by atoms with Crippen molar-refractivity contribution >= 4 is 0 Å². The van der Waals surface area contributed by atoms with Crippen molar-refractivity contribution in [3.05, 3.63) is 179 Å². The summed E-state index contributed by atoms with van der Waals surface area (Å²) in [6.45, 7) is 0. The van der Waals surface area contributed by atoms with Gasteiger partial charge in [0.2, 0.25) is 0 Å². The van der Waals surface area contributed by atoms with Gasteiger partial charge in [-0.2, -0.15) is 0 Å². The zero-order chi connectivity index (χ0) is 27.2. The van der Waals surface area contributed by atoms with Crippen LogP contribution in [0.1, 0.15) is 70.9 Å². The van der Waals surface area contributed by atoms with Gasteiger partial charge in [0.05, 0.1) is 0 Å². The molecule has 0 bridgehead atoms. The molecule has 0 aliphatic carbocycles. The Bertz CT molecular complexity index is 1270. The van der Waals surface area contributed by atoms with Gasteiger partial charge in [-0.3, -0.25) is 0 Å². The fourth-order valence-corrected chi connectivity index (χ4v) is 6.00. The third-order valence-electron chi connectivity index (χ3n) is 8.34. The summed E-state index contributed by atoms with van der Waals surface area (Å²) < 4.78 is 0. The van der Waals surface area contributed by atoms with Gasteiger partial charge in [0.1, 0.15) is 0 Å². The zero-order valence-corrected chi connectivity index (χ0v) is 23.7. The Hall–Kier alpha value is -3.90. The summed E-state index contributed by atoms with van der Waals surface area (Å²) >= 11 is 0. The lowest BCUT2D eigenvalue weighted by Gasteiger charge is -2.19. The second-order valence-corrected chi connectivity index (χ2v) is 11.2. The van der Waals surface area contributed by atoms with Gasteiger partial charge >= 0.3 is 0 Å². The van der Waals surface area contributed by atoms with Gasteiger partial charge in [-0.25, -0.2) is 0 Å². The minimum atomic E-state index is 0.575. The molecule has 2 atom stereocenters. The average Bonchev–Trinajstić information content (AvgIpc) is 3.03. The Morgan fingerprint density at radius 1 is 0.300 bits per heavy atom. The third-order valence-corrected chi connectivity index (χ3v) is 8.34. The standard InChI is InChI=1S/C40H42/c1-5-14-33(15-6-1)24-28-39(37-20-9-3-10-21-37)30-26-35-18-13-19-36(32-35)27-31-40(38-22-11-4-12-23-38)29-25-34-16-7-2-8-17-34/h1-23,32,39-40H,24-31H2. The lowest BCUT2D eigenvalue weighted by atomic mass is 9.86. The van der Waals surface area contributed by atoms with E-state index >= 15 is 0 Å². The van der Waals surface area contributed by atoms with Crippen LogP contribution in [0.5, 0.6) is 0 Å². The first-order chi connectivity index (χ1) is 19.8. The number of aryl methyl sites for hydroxylation is 4. The van der Waals surface area contributed by atoms with Crippen LogP contribution in [0, 0.1) is 0 Å². The average molecular weight is 523 g/mol. The summed E-state index contributed by atoms with van der Waals surface area (Å²) in [5.74, 6) is 1.15. The fraction of sp³-hybridized carbons (Fsp3) is 0.250. The van der Waals surface area contributed by atoms with Crippen molar-refractivity contribution in [3.63, 3.8) is 0 Å². The minimum Gasteiger partial charge on any atom is -0.0622 e. The Kier molecular flexibility index (Phi) is 10.4. The Morgan fingerprint density at radius 3 is 0.975 bits per heavy atom. The molecule has 5 aromatic carbocycles. The molecule has 40 heavy (non-hydrogen) atoms. The minimum absolute atomic E-state index is 0.575. The number of hydrogen-bond acceptors (Lipinski definition) is 0.